The number of aromatic nitrogens is 3. The molecule has 3 N–H and O–H groups in total. The lowest BCUT2D eigenvalue weighted by molar-refractivity contribution is 0.0990. The van der Waals surface area contributed by atoms with Crippen molar-refractivity contribution in [2.24, 2.45) is 10.2 Å². The number of methoxy groups -OCH3 is 2. The van der Waals surface area contributed by atoms with Gasteiger partial charge in [-0.3, -0.25) is 9.89 Å². The minimum absolute atomic E-state index is 0.154. The molecule has 2 aromatic carbocycles. The average Bonchev–Trinajstić information content (AvgIpc) is 3.36. The van der Waals surface area contributed by atoms with Crippen LogP contribution in [0.2, 0.25) is 0 Å². The van der Waals surface area contributed by atoms with E-state index in [1.807, 2.05) is 6.07 Å². The van der Waals surface area contributed by atoms with E-state index in [-0.39, 0.29) is 17.3 Å². The van der Waals surface area contributed by atoms with Crippen LogP contribution in [0.1, 0.15) is 10.5 Å². The Morgan fingerprint density at radius 3 is 2.66 bits per heavy atom. The summed E-state index contributed by atoms with van der Waals surface area (Å²) in [5.74, 6) is 0.373. The molecule has 0 aliphatic heterocycles. The number of H-pyrrole nitrogens is 2. The van der Waals surface area contributed by atoms with Crippen LogP contribution in [-0.4, -0.2) is 40.4 Å². The Kier molecular flexibility index (Phi) is 4.70. The molecular formula is C20H17N5O4. The van der Waals surface area contributed by atoms with Crippen molar-refractivity contribution in [3.05, 3.63) is 54.2 Å². The van der Waals surface area contributed by atoms with E-state index in [0.29, 0.717) is 28.1 Å². The number of amides is 1. The number of para-hydroxylation sites is 1. The molecule has 4 rings (SSSR count). The monoisotopic (exact) mass is 391 g/mol. The molecule has 0 fully saturated rings. The first-order valence-corrected chi connectivity index (χ1v) is 8.64. The van der Waals surface area contributed by atoms with Crippen molar-refractivity contribution in [1.29, 1.82) is 0 Å². The Morgan fingerprint density at radius 2 is 1.86 bits per heavy atom. The Bertz CT molecular complexity index is 1220. The minimum atomic E-state index is -0.617. The van der Waals surface area contributed by atoms with E-state index in [1.54, 1.807) is 56.7 Å². The van der Waals surface area contributed by atoms with Crippen LogP contribution in [0.15, 0.2) is 58.8 Å². The number of carbonyl (C=O) groups is 1. The van der Waals surface area contributed by atoms with Gasteiger partial charge in [0.15, 0.2) is 17.2 Å². The van der Waals surface area contributed by atoms with Gasteiger partial charge in [-0.15, -0.1) is 10.2 Å². The summed E-state index contributed by atoms with van der Waals surface area (Å²) in [5, 5.41) is 25.1. The van der Waals surface area contributed by atoms with Gasteiger partial charge < -0.3 is 19.6 Å². The summed E-state index contributed by atoms with van der Waals surface area (Å²) in [6.07, 6.45) is 0. The van der Waals surface area contributed by atoms with E-state index in [4.69, 9.17) is 9.47 Å². The standard InChI is InChI=1S/C20H17N5O4/c1-28-16-8-7-11(9-17(16)29-2)14-10-15(23-22-14)19(26)25-24-18-12-5-3-4-6-13(12)21-20(18)27/h3-10,21,27H,1-2H3,(H,22,23). The zero-order valence-electron chi connectivity index (χ0n) is 15.6. The highest BCUT2D eigenvalue weighted by atomic mass is 16.5. The predicted octanol–water partition coefficient (Wildman–Crippen LogP) is 4.20. The van der Waals surface area contributed by atoms with Gasteiger partial charge in [-0.2, -0.15) is 5.10 Å². The molecule has 0 unspecified atom stereocenters. The van der Waals surface area contributed by atoms with Crippen molar-refractivity contribution in [3.63, 3.8) is 0 Å². The molecule has 0 radical (unpaired) electrons. The number of aromatic hydroxyl groups is 1. The van der Waals surface area contributed by atoms with E-state index in [9.17, 15) is 9.90 Å². The maximum atomic E-state index is 12.4. The molecule has 146 valence electrons. The second-order valence-electron chi connectivity index (χ2n) is 6.11. The van der Waals surface area contributed by atoms with Gasteiger partial charge in [0.25, 0.3) is 0 Å². The molecule has 0 bridgehead atoms. The summed E-state index contributed by atoms with van der Waals surface area (Å²) < 4.78 is 10.5. The number of fused-ring (bicyclic) bond motifs is 1. The number of carbonyl (C=O) groups excluding carboxylic acids is 1. The zero-order valence-corrected chi connectivity index (χ0v) is 15.6. The molecule has 4 aromatic rings. The lowest BCUT2D eigenvalue weighted by Crippen LogP contribution is -1.93. The number of benzene rings is 2. The van der Waals surface area contributed by atoms with Crippen molar-refractivity contribution in [2.75, 3.05) is 14.2 Å². The first-order valence-electron chi connectivity index (χ1n) is 8.64. The molecule has 0 spiro atoms. The normalized spacial score (nSPS) is 11.2. The van der Waals surface area contributed by atoms with Crippen LogP contribution in [0.4, 0.5) is 5.69 Å². The van der Waals surface area contributed by atoms with E-state index < -0.39 is 5.91 Å². The van der Waals surface area contributed by atoms with Gasteiger partial charge in [0.1, 0.15) is 5.69 Å². The molecule has 2 heterocycles. The van der Waals surface area contributed by atoms with Crippen LogP contribution < -0.4 is 9.47 Å². The van der Waals surface area contributed by atoms with Gasteiger partial charge in [0.05, 0.1) is 25.4 Å². The summed E-state index contributed by atoms with van der Waals surface area (Å²) in [6, 6.07) is 14.1. The summed E-state index contributed by atoms with van der Waals surface area (Å²) in [4.78, 5) is 15.2. The number of rotatable bonds is 5. The number of ether oxygens (including phenoxy) is 2. The maximum absolute atomic E-state index is 12.4. The van der Waals surface area contributed by atoms with Crippen LogP contribution in [-0.2, 0) is 0 Å². The van der Waals surface area contributed by atoms with Crippen LogP contribution in [0.5, 0.6) is 17.4 Å². The maximum Gasteiger partial charge on any atom is 0.313 e. The third-order valence-corrected chi connectivity index (χ3v) is 4.39. The van der Waals surface area contributed by atoms with Gasteiger partial charge in [-0.05, 0) is 30.3 Å². The number of nitrogens with zero attached hydrogens (tertiary/aromatic N) is 3. The Balaban J connectivity index is 1.59. The van der Waals surface area contributed by atoms with Crippen molar-refractivity contribution in [3.8, 4) is 28.6 Å². The molecule has 0 aliphatic carbocycles. The second-order valence-corrected chi connectivity index (χ2v) is 6.11. The highest BCUT2D eigenvalue weighted by molar-refractivity contribution is 5.96. The summed E-state index contributed by atoms with van der Waals surface area (Å²) in [7, 11) is 3.10. The molecule has 1 amide bonds. The van der Waals surface area contributed by atoms with Gasteiger partial charge >= 0.3 is 5.91 Å². The summed E-state index contributed by atoms with van der Waals surface area (Å²) in [5.41, 5.74) is 2.35. The Morgan fingerprint density at radius 1 is 1.07 bits per heavy atom. The number of nitrogens with one attached hydrogen (secondary N) is 2. The molecule has 9 nitrogen and oxygen atoms in total. The van der Waals surface area contributed by atoms with Gasteiger partial charge in [0.2, 0.25) is 5.88 Å². The minimum Gasteiger partial charge on any atom is -0.493 e. The first-order chi connectivity index (χ1) is 14.1. The van der Waals surface area contributed by atoms with E-state index >= 15 is 0 Å². The fraction of sp³-hybridized carbons (Fsp3) is 0.100. The van der Waals surface area contributed by atoms with Crippen molar-refractivity contribution in [2.45, 2.75) is 0 Å². The lowest BCUT2D eigenvalue weighted by atomic mass is 10.1. The molecule has 0 saturated heterocycles. The topological polar surface area (TPSA) is 125 Å². The van der Waals surface area contributed by atoms with Crippen molar-refractivity contribution < 1.29 is 19.4 Å². The lowest BCUT2D eigenvalue weighted by Gasteiger charge is -2.08. The first kappa shape index (κ1) is 18.2. The zero-order chi connectivity index (χ0) is 20.4. The number of aromatic amines is 2. The van der Waals surface area contributed by atoms with Crippen LogP contribution in [0, 0.1) is 0 Å². The quantitative estimate of drug-likeness (QED) is 0.440. The molecule has 29 heavy (non-hydrogen) atoms. The molecule has 9 heteroatoms. The number of hydrogen-bond acceptors (Lipinski definition) is 6. The van der Waals surface area contributed by atoms with Crippen molar-refractivity contribution in [1.82, 2.24) is 15.2 Å². The molecule has 0 saturated carbocycles. The SMILES string of the molecule is COc1ccc(-c2cc(C(=O)N=Nc3c(O)[nH]c4ccccc34)[nH]n2)cc1OC. The van der Waals surface area contributed by atoms with E-state index in [1.165, 1.54) is 0 Å². The molecule has 0 aliphatic rings. The van der Waals surface area contributed by atoms with Crippen molar-refractivity contribution >= 4 is 22.5 Å². The fourth-order valence-corrected chi connectivity index (χ4v) is 2.94. The second kappa shape index (κ2) is 7.47. The third kappa shape index (κ3) is 3.41. The summed E-state index contributed by atoms with van der Waals surface area (Å²) in [6.45, 7) is 0. The molecule has 0 atom stereocenters. The number of hydrogen-bond donors (Lipinski definition) is 3. The van der Waals surface area contributed by atoms with Gasteiger partial charge in [-0.25, -0.2) is 0 Å². The largest absolute Gasteiger partial charge is 0.493 e. The van der Waals surface area contributed by atoms with Crippen LogP contribution in [0.3, 0.4) is 0 Å². The Labute approximate surface area is 165 Å². The molecule has 2 aromatic heterocycles. The smallest absolute Gasteiger partial charge is 0.313 e. The van der Waals surface area contributed by atoms with E-state index in [0.717, 1.165) is 5.56 Å². The highest BCUT2D eigenvalue weighted by Gasteiger charge is 2.14. The van der Waals surface area contributed by atoms with Gasteiger partial charge in [-0.1, -0.05) is 18.2 Å². The van der Waals surface area contributed by atoms with Gasteiger partial charge in [0, 0.05) is 10.9 Å². The van der Waals surface area contributed by atoms with Crippen LogP contribution in [0.25, 0.3) is 22.2 Å². The molecular weight excluding hydrogens is 374 g/mol. The predicted molar refractivity (Wildman–Crippen MR) is 106 cm³/mol. The highest BCUT2D eigenvalue weighted by Crippen LogP contribution is 2.35. The van der Waals surface area contributed by atoms with Crippen LogP contribution >= 0.6 is 0 Å². The summed E-state index contributed by atoms with van der Waals surface area (Å²) >= 11 is 0. The fourth-order valence-electron chi connectivity index (χ4n) is 2.94. The average molecular weight is 391 g/mol. The van der Waals surface area contributed by atoms with E-state index in [2.05, 4.69) is 25.4 Å². The number of azo groups is 1. The Hall–Kier alpha value is -4.14. The third-order valence-electron chi connectivity index (χ3n) is 4.39.